The maximum atomic E-state index is 11.7. The van der Waals surface area contributed by atoms with Crippen molar-refractivity contribution in [1.29, 1.82) is 0 Å². The summed E-state index contributed by atoms with van der Waals surface area (Å²) in [4.78, 5) is 22.7. The van der Waals surface area contributed by atoms with E-state index in [0.717, 1.165) is 0 Å². The molecule has 1 fully saturated rings. The van der Waals surface area contributed by atoms with E-state index in [1.807, 2.05) is 13.2 Å². The molecule has 0 aliphatic carbocycles. The molecule has 0 radical (unpaired) electrons. The second-order valence-corrected chi connectivity index (χ2v) is 4.99. The Labute approximate surface area is 99.4 Å². The van der Waals surface area contributed by atoms with Crippen molar-refractivity contribution in [2.24, 2.45) is 0 Å². The molecule has 0 bridgehead atoms. The first kappa shape index (κ1) is 13.3. The lowest BCUT2D eigenvalue weighted by atomic mass is 10.2. The van der Waals surface area contributed by atoms with Crippen molar-refractivity contribution in [3.63, 3.8) is 0 Å². The van der Waals surface area contributed by atoms with Gasteiger partial charge >= 0.3 is 0 Å². The number of rotatable bonds is 5. The van der Waals surface area contributed by atoms with Gasteiger partial charge in [-0.2, -0.15) is 11.8 Å². The van der Waals surface area contributed by atoms with E-state index in [0.29, 0.717) is 12.8 Å². The average Bonchev–Trinajstić information content (AvgIpc) is 2.66. The van der Waals surface area contributed by atoms with Crippen LogP contribution in [0.15, 0.2) is 0 Å². The van der Waals surface area contributed by atoms with Crippen LogP contribution in [0, 0.1) is 0 Å². The number of hydrogen-bond acceptors (Lipinski definition) is 4. The van der Waals surface area contributed by atoms with Gasteiger partial charge < -0.3 is 15.7 Å². The standard InChI is InChI=1S/C10H18N2O3S/c1-6(8(5-13)16-2)11-10(15)7-3-4-9(14)12-7/h6-8,13H,3-5H2,1-2H3,(H,11,15)(H,12,14). The molecule has 2 amide bonds. The lowest BCUT2D eigenvalue weighted by Gasteiger charge is -2.22. The van der Waals surface area contributed by atoms with E-state index in [1.54, 1.807) is 0 Å². The van der Waals surface area contributed by atoms with Crippen molar-refractivity contribution >= 4 is 23.6 Å². The van der Waals surface area contributed by atoms with Gasteiger partial charge in [0.25, 0.3) is 0 Å². The fourth-order valence-corrected chi connectivity index (χ4v) is 2.29. The van der Waals surface area contributed by atoms with E-state index < -0.39 is 6.04 Å². The van der Waals surface area contributed by atoms with Crippen LogP contribution in [0.25, 0.3) is 0 Å². The van der Waals surface area contributed by atoms with Crippen LogP contribution in [0.2, 0.25) is 0 Å². The normalized spacial score (nSPS) is 23.7. The molecule has 1 saturated heterocycles. The molecular formula is C10H18N2O3S. The van der Waals surface area contributed by atoms with E-state index in [1.165, 1.54) is 11.8 Å². The highest BCUT2D eigenvalue weighted by atomic mass is 32.2. The molecule has 0 aromatic heterocycles. The van der Waals surface area contributed by atoms with Gasteiger partial charge in [-0.3, -0.25) is 9.59 Å². The molecule has 16 heavy (non-hydrogen) atoms. The van der Waals surface area contributed by atoms with E-state index >= 15 is 0 Å². The number of aliphatic hydroxyl groups excluding tert-OH is 1. The summed E-state index contributed by atoms with van der Waals surface area (Å²) in [5.74, 6) is -0.234. The summed E-state index contributed by atoms with van der Waals surface area (Å²) in [5.41, 5.74) is 0. The third-order valence-electron chi connectivity index (χ3n) is 2.72. The van der Waals surface area contributed by atoms with Crippen LogP contribution in [0.3, 0.4) is 0 Å². The van der Waals surface area contributed by atoms with Crippen molar-refractivity contribution < 1.29 is 14.7 Å². The zero-order valence-electron chi connectivity index (χ0n) is 9.53. The first-order chi connectivity index (χ1) is 7.58. The minimum atomic E-state index is -0.406. The Morgan fingerprint density at radius 1 is 1.75 bits per heavy atom. The monoisotopic (exact) mass is 246 g/mol. The van der Waals surface area contributed by atoms with Crippen LogP contribution in [-0.4, -0.2) is 47.1 Å². The average molecular weight is 246 g/mol. The number of amides is 2. The zero-order chi connectivity index (χ0) is 12.1. The van der Waals surface area contributed by atoms with Crippen molar-refractivity contribution in [3.8, 4) is 0 Å². The lowest BCUT2D eigenvalue weighted by Crippen LogP contribution is -2.48. The SMILES string of the molecule is CSC(CO)C(C)NC(=O)C1CCC(=O)N1. The van der Waals surface area contributed by atoms with Gasteiger partial charge in [-0.25, -0.2) is 0 Å². The fourth-order valence-electron chi connectivity index (χ4n) is 1.67. The number of thioether (sulfide) groups is 1. The van der Waals surface area contributed by atoms with Crippen molar-refractivity contribution in [2.75, 3.05) is 12.9 Å². The molecule has 1 aliphatic rings. The van der Waals surface area contributed by atoms with Crippen LogP contribution in [0.1, 0.15) is 19.8 Å². The highest BCUT2D eigenvalue weighted by molar-refractivity contribution is 7.99. The lowest BCUT2D eigenvalue weighted by molar-refractivity contribution is -0.126. The van der Waals surface area contributed by atoms with Gasteiger partial charge in [0.15, 0.2) is 0 Å². The molecular weight excluding hydrogens is 228 g/mol. The predicted octanol–water partition coefficient (Wildman–Crippen LogP) is -0.506. The van der Waals surface area contributed by atoms with Gasteiger partial charge in [-0.05, 0) is 19.6 Å². The number of carbonyl (C=O) groups is 2. The van der Waals surface area contributed by atoms with E-state index in [-0.39, 0.29) is 29.7 Å². The number of hydrogen-bond donors (Lipinski definition) is 3. The van der Waals surface area contributed by atoms with Gasteiger partial charge in [0.2, 0.25) is 11.8 Å². The van der Waals surface area contributed by atoms with Gasteiger partial charge in [0.1, 0.15) is 6.04 Å². The summed E-state index contributed by atoms with van der Waals surface area (Å²) in [6.45, 7) is 1.88. The largest absolute Gasteiger partial charge is 0.395 e. The second-order valence-electron chi connectivity index (χ2n) is 3.91. The van der Waals surface area contributed by atoms with Crippen molar-refractivity contribution in [3.05, 3.63) is 0 Å². The molecule has 3 unspecified atom stereocenters. The van der Waals surface area contributed by atoms with Gasteiger partial charge in [0, 0.05) is 17.7 Å². The second kappa shape index (κ2) is 6.10. The summed E-state index contributed by atoms with van der Waals surface area (Å²) >= 11 is 1.51. The Bertz CT molecular complexity index is 269. The molecule has 1 heterocycles. The minimum absolute atomic E-state index is 0.0129. The highest BCUT2D eigenvalue weighted by Gasteiger charge is 2.29. The topological polar surface area (TPSA) is 78.4 Å². The smallest absolute Gasteiger partial charge is 0.242 e. The van der Waals surface area contributed by atoms with Gasteiger partial charge in [-0.1, -0.05) is 0 Å². The van der Waals surface area contributed by atoms with E-state index in [4.69, 9.17) is 5.11 Å². The Hall–Kier alpha value is -0.750. The minimum Gasteiger partial charge on any atom is -0.395 e. The molecule has 92 valence electrons. The number of carbonyl (C=O) groups excluding carboxylic acids is 2. The van der Waals surface area contributed by atoms with E-state index in [2.05, 4.69) is 10.6 Å². The number of nitrogens with one attached hydrogen (secondary N) is 2. The van der Waals surface area contributed by atoms with Crippen LogP contribution in [0.4, 0.5) is 0 Å². The van der Waals surface area contributed by atoms with Crippen LogP contribution >= 0.6 is 11.8 Å². The molecule has 6 heteroatoms. The maximum Gasteiger partial charge on any atom is 0.242 e. The Morgan fingerprint density at radius 3 is 2.88 bits per heavy atom. The molecule has 1 aliphatic heterocycles. The molecule has 3 N–H and O–H groups in total. The Balaban J connectivity index is 2.41. The molecule has 5 nitrogen and oxygen atoms in total. The van der Waals surface area contributed by atoms with Crippen molar-refractivity contribution in [1.82, 2.24) is 10.6 Å². The molecule has 0 aromatic carbocycles. The first-order valence-electron chi connectivity index (χ1n) is 5.32. The zero-order valence-corrected chi connectivity index (χ0v) is 10.3. The molecule has 1 rings (SSSR count). The fraction of sp³-hybridized carbons (Fsp3) is 0.800. The number of aliphatic hydroxyl groups is 1. The summed E-state index contributed by atoms with van der Waals surface area (Å²) in [7, 11) is 0. The quantitative estimate of drug-likeness (QED) is 0.611. The molecule has 0 saturated carbocycles. The van der Waals surface area contributed by atoms with Crippen LogP contribution in [-0.2, 0) is 9.59 Å². The third kappa shape index (κ3) is 3.38. The summed E-state index contributed by atoms with van der Waals surface area (Å²) in [5, 5.41) is 14.5. The molecule has 3 atom stereocenters. The summed E-state index contributed by atoms with van der Waals surface area (Å²) in [6, 6.07) is -0.513. The maximum absolute atomic E-state index is 11.7. The third-order valence-corrected chi connectivity index (χ3v) is 3.88. The highest BCUT2D eigenvalue weighted by Crippen LogP contribution is 2.12. The summed E-state index contributed by atoms with van der Waals surface area (Å²) < 4.78 is 0. The van der Waals surface area contributed by atoms with Crippen molar-refractivity contribution in [2.45, 2.75) is 37.1 Å². The molecule has 0 aromatic rings. The van der Waals surface area contributed by atoms with Crippen LogP contribution in [0.5, 0.6) is 0 Å². The van der Waals surface area contributed by atoms with E-state index in [9.17, 15) is 9.59 Å². The first-order valence-corrected chi connectivity index (χ1v) is 6.60. The van der Waals surface area contributed by atoms with Crippen LogP contribution < -0.4 is 10.6 Å². The van der Waals surface area contributed by atoms with Gasteiger partial charge in [0.05, 0.1) is 6.61 Å². The predicted molar refractivity (Wildman–Crippen MR) is 63.2 cm³/mol. The Morgan fingerprint density at radius 2 is 2.44 bits per heavy atom. The van der Waals surface area contributed by atoms with Gasteiger partial charge in [-0.15, -0.1) is 0 Å². The summed E-state index contributed by atoms with van der Waals surface area (Å²) in [6.07, 6.45) is 2.86. The molecule has 0 spiro atoms. The Kier molecular flexibility index (Phi) is 5.08.